The Bertz CT molecular complexity index is 2490. The van der Waals surface area contributed by atoms with Gasteiger partial charge in [-0.15, -0.1) is 0 Å². The van der Waals surface area contributed by atoms with Gasteiger partial charge in [0, 0.05) is 37.0 Å². The Balaban J connectivity index is 0.918. The summed E-state index contributed by atoms with van der Waals surface area (Å²) in [5, 5.41) is 7.64. The molecule has 4 heterocycles. The van der Waals surface area contributed by atoms with Crippen LogP contribution >= 0.6 is 0 Å². The molecule has 61 heavy (non-hydrogen) atoms. The van der Waals surface area contributed by atoms with E-state index < -0.39 is 24.3 Å². The van der Waals surface area contributed by atoms with Crippen molar-refractivity contribution >= 4 is 46.1 Å². The number of H-pyrrole nitrogens is 1. The zero-order valence-electron chi connectivity index (χ0n) is 34.9. The molecule has 13 heteroatoms. The second-order valence-corrected chi connectivity index (χ2v) is 16.2. The number of aromatic amines is 1. The maximum absolute atomic E-state index is 13.9. The molecule has 0 spiro atoms. The van der Waals surface area contributed by atoms with Crippen LogP contribution in [-0.2, 0) is 19.1 Å². The zero-order valence-corrected chi connectivity index (χ0v) is 34.9. The van der Waals surface area contributed by atoms with Crippen molar-refractivity contribution in [1.29, 1.82) is 0 Å². The van der Waals surface area contributed by atoms with Crippen molar-refractivity contribution in [3.63, 3.8) is 0 Å². The highest BCUT2D eigenvalue weighted by molar-refractivity contribution is 6.04. The minimum Gasteiger partial charge on any atom is -0.453 e. The number of aromatic nitrogens is 2. The molecule has 5 aromatic rings. The van der Waals surface area contributed by atoms with Gasteiger partial charge in [-0.2, -0.15) is 0 Å². The number of ether oxygens (including phenoxy) is 2. The number of carbonyl (C=O) groups is 4. The summed E-state index contributed by atoms with van der Waals surface area (Å²) in [6.45, 7) is 5.03. The number of aliphatic imine (C=N–C) groups is 1. The highest BCUT2D eigenvalue weighted by atomic mass is 16.5. The number of amides is 4. The van der Waals surface area contributed by atoms with Gasteiger partial charge >= 0.3 is 12.2 Å². The first-order valence-electron chi connectivity index (χ1n) is 20.9. The third kappa shape index (κ3) is 8.63. The minimum absolute atomic E-state index is 0.0866. The number of rotatable bonds is 11. The predicted molar refractivity (Wildman–Crippen MR) is 234 cm³/mol. The van der Waals surface area contributed by atoms with Crippen molar-refractivity contribution in [2.45, 2.75) is 70.1 Å². The quantitative estimate of drug-likeness (QED) is 0.121. The lowest BCUT2D eigenvalue weighted by Crippen LogP contribution is -2.53. The number of methoxy groups -OCH3 is 2. The van der Waals surface area contributed by atoms with Crippen LogP contribution in [0.3, 0.4) is 0 Å². The van der Waals surface area contributed by atoms with Crippen LogP contribution in [0.15, 0.2) is 108 Å². The van der Waals surface area contributed by atoms with Gasteiger partial charge in [0.15, 0.2) is 0 Å². The highest BCUT2D eigenvalue weighted by Crippen LogP contribution is 2.36. The number of hydrogen-bond acceptors (Lipinski definition) is 8. The van der Waals surface area contributed by atoms with Crippen LogP contribution in [0.25, 0.3) is 38.7 Å². The number of alkyl carbamates (subject to hydrolysis) is 2. The van der Waals surface area contributed by atoms with E-state index in [0.717, 1.165) is 75.7 Å². The maximum atomic E-state index is 13.9. The second kappa shape index (κ2) is 17.8. The first kappa shape index (κ1) is 41.0. The monoisotopic (exact) mass is 821 g/mol. The van der Waals surface area contributed by atoms with E-state index in [1.807, 2.05) is 61.5 Å². The van der Waals surface area contributed by atoms with Crippen LogP contribution < -0.4 is 10.6 Å². The second-order valence-electron chi connectivity index (χ2n) is 16.2. The lowest BCUT2D eigenvalue weighted by Gasteiger charge is -2.31. The Kier molecular flexibility index (Phi) is 12.0. The standard InChI is InChI=1S/C48H51N7O6/c1-29(2)42(52-47(58)60-3)45(56)54-22-8-12-40(54)38-26-37(27-49-38)31-16-14-30(15-17-31)33-18-19-35-25-36(21-20-34(35)24-33)39-28-50-44(51-39)41-13-9-23-55(41)46(57)43(53-48(59)61-4)32-10-6-5-7-11-32/h5-7,10-11,14-21,24-25,27-29,40-43H,8-9,12-13,22-23,26H2,1-4H3,(H,50,51)(H,52,58)(H,53,59)/t40-,41-,42-,43+/m0/s1. The molecule has 314 valence electrons. The van der Waals surface area contributed by atoms with Gasteiger partial charge in [0.05, 0.1) is 38.2 Å². The Morgan fingerprint density at radius 3 is 2.02 bits per heavy atom. The number of allylic oxidation sites excluding steroid dienone is 1. The molecule has 3 N–H and O–H groups in total. The number of benzene rings is 4. The molecule has 2 saturated heterocycles. The molecule has 4 atom stereocenters. The van der Waals surface area contributed by atoms with E-state index in [1.165, 1.54) is 14.2 Å². The van der Waals surface area contributed by atoms with Gasteiger partial charge < -0.3 is 34.9 Å². The average Bonchev–Trinajstić information content (AvgIpc) is 4.14. The topological polar surface area (TPSA) is 158 Å². The van der Waals surface area contributed by atoms with Crippen LogP contribution in [0.1, 0.15) is 75.0 Å². The first-order valence-corrected chi connectivity index (χ1v) is 20.9. The van der Waals surface area contributed by atoms with Gasteiger partial charge in [0.25, 0.3) is 5.91 Å². The molecule has 0 aliphatic carbocycles. The molecule has 0 unspecified atom stereocenters. The van der Waals surface area contributed by atoms with Crippen LogP contribution in [0.5, 0.6) is 0 Å². The number of hydrogen-bond donors (Lipinski definition) is 3. The molecule has 3 aliphatic rings. The lowest BCUT2D eigenvalue weighted by atomic mass is 9.95. The fraction of sp³-hybridized carbons (Fsp3) is 0.333. The number of imidazole rings is 1. The van der Waals surface area contributed by atoms with Gasteiger partial charge in [-0.05, 0) is 82.3 Å². The normalized spacial score (nSPS) is 18.4. The van der Waals surface area contributed by atoms with Gasteiger partial charge in [-0.25, -0.2) is 14.6 Å². The summed E-state index contributed by atoms with van der Waals surface area (Å²) in [5.74, 6) is 0.315. The van der Waals surface area contributed by atoms with E-state index in [1.54, 1.807) is 4.90 Å². The van der Waals surface area contributed by atoms with Gasteiger partial charge in [0.1, 0.15) is 17.9 Å². The van der Waals surface area contributed by atoms with E-state index in [9.17, 15) is 19.2 Å². The van der Waals surface area contributed by atoms with Gasteiger partial charge in [0.2, 0.25) is 5.91 Å². The zero-order chi connectivity index (χ0) is 42.6. The summed E-state index contributed by atoms with van der Waals surface area (Å²) in [4.78, 5) is 68.5. The summed E-state index contributed by atoms with van der Waals surface area (Å²) in [5.41, 5.74) is 7.92. The molecule has 0 radical (unpaired) electrons. The van der Waals surface area contributed by atoms with Gasteiger partial charge in [-0.1, -0.05) is 92.7 Å². The SMILES string of the molecule is COC(=O)N[C@H](C(=O)N1CCC[C@H]1C1=NC=C(c2ccc(-c3ccc4cc(-c5cnc([C@@H]6CCCN6C(=O)[C@H](NC(=O)OC)c6ccccc6)[nH]5)ccc4c3)cc2)C1)C(C)C. The Labute approximate surface area is 355 Å². The van der Waals surface area contributed by atoms with Crippen LogP contribution in [0, 0.1) is 5.92 Å². The van der Waals surface area contributed by atoms with E-state index >= 15 is 0 Å². The van der Waals surface area contributed by atoms with Crippen molar-refractivity contribution in [2.24, 2.45) is 10.9 Å². The number of fused-ring (bicyclic) bond motifs is 1. The molecule has 4 aromatic carbocycles. The molecular weight excluding hydrogens is 771 g/mol. The molecule has 2 fully saturated rings. The van der Waals surface area contributed by atoms with Crippen LogP contribution in [0.4, 0.5) is 9.59 Å². The molecule has 0 bridgehead atoms. The summed E-state index contributed by atoms with van der Waals surface area (Å²) in [6, 6.07) is 28.6. The number of carbonyl (C=O) groups excluding carboxylic acids is 4. The summed E-state index contributed by atoms with van der Waals surface area (Å²) >= 11 is 0. The average molecular weight is 822 g/mol. The number of nitrogens with one attached hydrogen (secondary N) is 3. The van der Waals surface area contributed by atoms with E-state index in [0.29, 0.717) is 30.9 Å². The Hall–Kier alpha value is -6.76. The number of nitrogens with zero attached hydrogens (tertiary/aromatic N) is 4. The first-order chi connectivity index (χ1) is 29.6. The van der Waals surface area contributed by atoms with Crippen molar-refractivity contribution in [1.82, 2.24) is 30.4 Å². The lowest BCUT2D eigenvalue weighted by molar-refractivity contribution is -0.135. The van der Waals surface area contributed by atoms with Crippen molar-refractivity contribution < 1.29 is 28.7 Å². The van der Waals surface area contributed by atoms with Crippen molar-refractivity contribution in [2.75, 3.05) is 27.3 Å². The molecule has 8 rings (SSSR count). The largest absolute Gasteiger partial charge is 0.453 e. The van der Waals surface area contributed by atoms with Crippen molar-refractivity contribution in [3.8, 4) is 22.4 Å². The molecule has 3 aliphatic heterocycles. The highest BCUT2D eigenvalue weighted by Gasteiger charge is 2.39. The third-order valence-corrected chi connectivity index (χ3v) is 12.1. The van der Waals surface area contributed by atoms with Crippen LogP contribution in [0.2, 0.25) is 0 Å². The molecular formula is C48H51N7O6. The molecule has 1 aromatic heterocycles. The van der Waals surface area contributed by atoms with Gasteiger partial charge in [-0.3, -0.25) is 14.6 Å². The molecule has 13 nitrogen and oxygen atoms in total. The summed E-state index contributed by atoms with van der Waals surface area (Å²) < 4.78 is 9.62. The molecule has 0 saturated carbocycles. The number of likely N-dealkylation sites (tertiary alicyclic amines) is 2. The van der Waals surface area contributed by atoms with Crippen LogP contribution in [-0.4, -0.2) is 88.9 Å². The van der Waals surface area contributed by atoms with E-state index in [-0.39, 0.29) is 29.8 Å². The van der Waals surface area contributed by atoms with Crippen molar-refractivity contribution in [3.05, 3.63) is 120 Å². The third-order valence-electron chi connectivity index (χ3n) is 12.1. The fourth-order valence-electron chi connectivity index (χ4n) is 8.80. The summed E-state index contributed by atoms with van der Waals surface area (Å²) in [7, 11) is 2.59. The Morgan fingerprint density at radius 1 is 0.721 bits per heavy atom. The van der Waals surface area contributed by atoms with E-state index in [2.05, 4.69) is 76.3 Å². The summed E-state index contributed by atoms with van der Waals surface area (Å²) in [6.07, 6.45) is 6.44. The predicted octanol–water partition coefficient (Wildman–Crippen LogP) is 8.21. The maximum Gasteiger partial charge on any atom is 0.407 e. The fourth-order valence-corrected chi connectivity index (χ4v) is 8.80. The smallest absolute Gasteiger partial charge is 0.407 e. The molecule has 4 amide bonds. The Morgan fingerprint density at radius 2 is 1.33 bits per heavy atom. The van der Waals surface area contributed by atoms with E-state index in [4.69, 9.17) is 19.5 Å². The minimum atomic E-state index is -0.879.